The summed E-state index contributed by atoms with van der Waals surface area (Å²) in [6.45, 7) is 1.96. The van der Waals surface area contributed by atoms with Gasteiger partial charge in [-0.3, -0.25) is 4.79 Å². The average molecular weight is 494 g/mol. The number of hydrogen-bond acceptors (Lipinski definition) is 4. The fraction of sp³-hybridized carbons (Fsp3) is 0.143. The highest BCUT2D eigenvalue weighted by molar-refractivity contribution is 9.10. The monoisotopic (exact) mass is 492 g/mol. The molecule has 0 radical (unpaired) electrons. The molecule has 3 rings (SSSR count). The number of rotatable bonds is 5. The molecule has 0 atom stereocenters. The third-order valence-electron chi connectivity index (χ3n) is 4.21. The molecule has 1 N–H and O–H groups in total. The molecule has 1 heterocycles. The van der Waals surface area contributed by atoms with Crippen LogP contribution in [0.3, 0.4) is 0 Å². The number of halogens is 3. The lowest BCUT2D eigenvalue weighted by Gasteiger charge is -2.16. The van der Waals surface area contributed by atoms with Crippen LogP contribution in [0.5, 0.6) is 11.5 Å². The first-order valence-corrected chi connectivity index (χ1v) is 9.97. The number of hydrogen-bond donors (Lipinski definition) is 1. The number of nitriles is 1. The first-order valence-electron chi connectivity index (χ1n) is 8.42. The van der Waals surface area contributed by atoms with Crippen molar-refractivity contribution in [2.75, 3.05) is 7.11 Å². The number of benzene rings is 2. The zero-order valence-electron chi connectivity index (χ0n) is 15.5. The van der Waals surface area contributed by atoms with Gasteiger partial charge < -0.3 is 14.5 Å². The van der Waals surface area contributed by atoms with E-state index >= 15 is 0 Å². The van der Waals surface area contributed by atoms with Crippen LogP contribution in [-0.4, -0.2) is 12.1 Å². The zero-order chi connectivity index (χ0) is 21.1. The van der Waals surface area contributed by atoms with Gasteiger partial charge in [0, 0.05) is 26.9 Å². The molecule has 1 aromatic heterocycles. The highest BCUT2D eigenvalue weighted by Crippen LogP contribution is 2.40. The van der Waals surface area contributed by atoms with E-state index in [0.717, 1.165) is 5.56 Å². The quantitative estimate of drug-likeness (QED) is 0.481. The predicted octanol–water partition coefficient (Wildman–Crippen LogP) is 5.88. The van der Waals surface area contributed by atoms with E-state index in [1.165, 1.54) is 7.11 Å². The number of methoxy groups -OCH3 is 1. The van der Waals surface area contributed by atoms with Crippen molar-refractivity contribution in [3.8, 4) is 28.7 Å². The third-order valence-corrected chi connectivity index (χ3v) is 5.38. The molecule has 5 nitrogen and oxygen atoms in total. The molecule has 0 unspecified atom stereocenters. The van der Waals surface area contributed by atoms with Crippen LogP contribution in [0.2, 0.25) is 10.0 Å². The van der Waals surface area contributed by atoms with Gasteiger partial charge in [0.15, 0.2) is 11.5 Å². The van der Waals surface area contributed by atoms with Crippen molar-refractivity contribution in [1.82, 2.24) is 4.98 Å². The number of aryl methyl sites for hydroxylation is 1. The summed E-state index contributed by atoms with van der Waals surface area (Å²) < 4.78 is 12.0. The van der Waals surface area contributed by atoms with Crippen LogP contribution >= 0.6 is 39.1 Å². The molecule has 0 aliphatic carbocycles. The summed E-state index contributed by atoms with van der Waals surface area (Å²) >= 11 is 15.6. The van der Waals surface area contributed by atoms with Gasteiger partial charge in [-0.2, -0.15) is 5.26 Å². The molecule has 148 valence electrons. The van der Waals surface area contributed by atoms with Gasteiger partial charge in [0.1, 0.15) is 18.2 Å². The molecule has 0 saturated heterocycles. The van der Waals surface area contributed by atoms with Gasteiger partial charge in [-0.25, -0.2) is 0 Å². The molecule has 0 aliphatic heterocycles. The molecule has 0 bridgehead atoms. The largest absolute Gasteiger partial charge is 0.493 e. The summed E-state index contributed by atoms with van der Waals surface area (Å²) in [7, 11) is 1.52. The molecule has 2 aromatic carbocycles. The normalized spacial score (nSPS) is 10.5. The van der Waals surface area contributed by atoms with E-state index in [-0.39, 0.29) is 12.2 Å². The minimum Gasteiger partial charge on any atom is -0.493 e. The summed E-state index contributed by atoms with van der Waals surface area (Å²) in [4.78, 5) is 14.8. The number of H-pyrrole nitrogens is 1. The maximum Gasteiger partial charge on any atom is 0.266 e. The fourth-order valence-corrected chi connectivity index (χ4v) is 3.85. The standard InChI is InChI=1S/C21H15BrCl2N2O3/c1-11-5-15(16(9-25)21(27)26-11)13-6-17(22)20(19(7-13)28-2)29-10-12-3-4-14(23)8-18(12)24/h3-8H,10H2,1-2H3,(H,26,27). The van der Waals surface area contributed by atoms with Gasteiger partial charge in [-0.15, -0.1) is 0 Å². The summed E-state index contributed by atoms with van der Waals surface area (Å²) in [5.74, 6) is 0.920. The number of nitrogens with zero attached hydrogens (tertiary/aromatic N) is 1. The van der Waals surface area contributed by atoms with Crippen molar-refractivity contribution >= 4 is 39.1 Å². The number of aromatic nitrogens is 1. The topological polar surface area (TPSA) is 75.1 Å². The van der Waals surface area contributed by atoms with E-state index in [1.807, 2.05) is 6.07 Å². The Morgan fingerprint density at radius 2 is 1.97 bits per heavy atom. The summed E-state index contributed by atoms with van der Waals surface area (Å²) in [6, 6.07) is 12.4. The van der Waals surface area contributed by atoms with E-state index in [4.69, 9.17) is 32.7 Å². The van der Waals surface area contributed by atoms with Crippen LogP contribution in [0, 0.1) is 18.3 Å². The van der Waals surface area contributed by atoms with Gasteiger partial charge in [0.05, 0.1) is 11.6 Å². The number of pyridine rings is 1. The van der Waals surface area contributed by atoms with Gasteiger partial charge in [-0.05, 0) is 58.7 Å². The second-order valence-corrected chi connectivity index (χ2v) is 7.89. The predicted molar refractivity (Wildman–Crippen MR) is 117 cm³/mol. The van der Waals surface area contributed by atoms with Crippen LogP contribution < -0.4 is 15.0 Å². The molecule has 0 aliphatic rings. The van der Waals surface area contributed by atoms with Crippen LogP contribution in [0.15, 0.2) is 45.7 Å². The number of aromatic amines is 1. The van der Waals surface area contributed by atoms with E-state index < -0.39 is 5.56 Å². The van der Waals surface area contributed by atoms with E-state index in [0.29, 0.717) is 42.8 Å². The van der Waals surface area contributed by atoms with Gasteiger partial charge in [-0.1, -0.05) is 29.3 Å². The van der Waals surface area contributed by atoms with Crippen molar-refractivity contribution in [3.63, 3.8) is 0 Å². The second-order valence-electron chi connectivity index (χ2n) is 6.20. The Hall–Kier alpha value is -2.46. The van der Waals surface area contributed by atoms with Crippen LogP contribution in [0.4, 0.5) is 0 Å². The van der Waals surface area contributed by atoms with Crippen molar-refractivity contribution in [2.24, 2.45) is 0 Å². The van der Waals surface area contributed by atoms with Gasteiger partial charge in [0.2, 0.25) is 0 Å². The Kier molecular flexibility index (Phi) is 6.53. The van der Waals surface area contributed by atoms with Crippen molar-refractivity contribution in [1.29, 1.82) is 5.26 Å². The van der Waals surface area contributed by atoms with E-state index in [1.54, 1.807) is 43.3 Å². The summed E-state index contributed by atoms with van der Waals surface area (Å²) in [6.07, 6.45) is 0. The first-order chi connectivity index (χ1) is 13.8. The summed E-state index contributed by atoms with van der Waals surface area (Å²) in [5, 5.41) is 10.4. The Morgan fingerprint density at radius 3 is 2.62 bits per heavy atom. The average Bonchev–Trinajstić information content (AvgIpc) is 2.67. The fourth-order valence-electron chi connectivity index (χ4n) is 2.83. The zero-order valence-corrected chi connectivity index (χ0v) is 18.6. The van der Waals surface area contributed by atoms with E-state index in [9.17, 15) is 10.1 Å². The molecule has 0 fully saturated rings. The van der Waals surface area contributed by atoms with Crippen LogP contribution in [0.25, 0.3) is 11.1 Å². The molecule has 0 spiro atoms. The molecule has 0 saturated carbocycles. The lowest BCUT2D eigenvalue weighted by Crippen LogP contribution is -2.12. The summed E-state index contributed by atoms with van der Waals surface area (Å²) in [5.41, 5.74) is 2.18. The molecule has 29 heavy (non-hydrogen) atoms. The van der Waals surface area contributed by atoms with Crippen molar-refractivity contribution < 1.29 is 9.47 Å². The van der Waals surface area contributed by atoms with Crippen LogP contribution in [-0.2, 0) is 6.61 Å². The Morgan fingerprint density at radius 1 is 1.21 bits per heavy atom. The lowest BCUT2D eigenvalue weighted by molar-refractivity contribution is 0.283. The Balaban J connectivity index is 2.01. The van der Waals surface area contributed by atoms with Gasteiger partial charge >= 0.3 is 0 Å². The van der Waals surface area contributed by atoms with Crippen molar-refractivity contribution in [2.45, 2.75) is 13.5 Å². The molecule has 0 amide bonds. The van der Waals surface area contributed by atoms with Gasteiger partial charge in [0.25, 0.3) is 5.56 Å². The minimum atomic E-state index is -0.435. The molecule has 8 heteroatoms. The highest BCUT2D eigenvalue weighted by atomic mass is 79.9. The minimum absolute atomic E-state index is 0.0335. The maximum absolute atomic E-state index is 12.1. The maximum atomic E-state index is 12.1. The Labute approximate surface area is 185 Å². The first kappa shape index (κ1) is 21.3. The number of ether oxygens (including phenoxy) is 2. The molecule has 3 aromatic rings. The van der Waals surface area contributed by atoms with Crippen LogP contribution in [0.1, 0.15) is 16.8 Å². The second kappa shape index (κ2) is 8.91. The number of nitrogens with one attached hydrogen (secondary N) is 1. The smallest absolute Gasteiger partial charge is 0.266 e. The SMILES string of the molecule is COc1cc(-c2cc(C)[nH]c(=O)c2C#N)cc(Br)c1OCc1ccc(Cl)cc1Cl. The van der Waals surface area contributed by atoms with Crippen molar-refractivity contribution in [3.05, 3.63) is 78.1 Å². The molecular formula is C21H15BrCl2N2O3. The van der Waals surface area contributed by atoms with E-state index in [2.05, 4.69) is 20.9 Å². The highest BCUT2D eigenvalue weighted by Gasteiger charge is 2.17. The molecular weight excluding hydrogens is 479 g/mol. The third kappa shape index (κ3) is 4.59. The lowest BCUT2D eigenvalue weighted by atomic mass is 10.0. The Bertz CT molecular complexity index is 1190.